The van der Waals surface area contributed by atoms with E-state index in [2.05, 4.69) is 12.1 Å². The van der Waals surface area contributed by atoms with Gasteiger partial charge in [0.1, 0.15) is 6.10 Å². The largest absolute Gasteiger partial charge is 0.458 e. The lowest BCUT2D eigenvalue weighted by molar-refractivity contribution is -0.394. The van der Waals surface area contributed by atoms with Crippen LogP contribution in [0.3, 0.4) is 0 Å². The molecule has 0 saturated carbocycles. The molecule has 0 heterocycles. The Bertz CT molecular complexity index is 1170. The molecule has 0 spiro atoms. The number of nitro benzene ring substituents is 2. The van der Waals surface area contributed by atoms with E-state index in [-0.39, 0.29) is 17.4 Å². The molecule has 6 rings (SSSR count). The number of carbonyl (C=O) groups excluding carboxylic acids is 1. The van der Waals surface area contributed by atoms with Crippen LogP contribution in [0.15, 0.2) is 66.7 Å². The maximum Gasteiger partial charge on any atom is 0.338 e. The highest BCUT2D eigenvalue weighted by Gasteiger charge is 2.45. The predicted molar refractivity (Wildman–Crippen MR) is 110 cm³/mol. The Labute approximate surface area is 176 Å². The molecule has 1 unspecified atom stereocenters. The van der Waals surface area contributed by atoms with Gasteiger partial charge in [-0.15, -0.1) is 0 Å². The molecule has 154 valence electrons. The van der Waals surface area contributed by atoms with Gasteiger partial charge < -0.3 is 4.74 Å². The second kappa shape index (κ2) is 7.02. The maximum atomic E-state index is 12.9. The summed E-state index contributed by atoms with van der Waals surface area (Å²) in [5, 5.41) is 22.3. The van der Waals surface area contributed by atoms with Gasteiger partial charge in [0.25, 0.3) is 11.4 Å². The fourth-order valence-electron chi connectivity index (χ4n) is 4.83. The molecule has 0 radical (unpaired) electrons. The number of hydrogen-bond acceptors (Lipinski definition) is 6. The zero-order chi connectivity index (χ0) is 21.7. The number of ether oxygens (including phenoxy) is 1. The Hall–Kier alpha value is -4.07. The highest BCUT2D eigenvalue weighted by molar-refractivity contribution is 5.91. The van der Waals surface area contributed by atoms with Gasteiger partial charge in [0.15, 0.2) is 0 Å². The minimum Gasteiger partial charge on any atom is -0.458 e. The predicted octanol–water partition coefficient (Wildman–Crippen LogP) is 4.71. The van der Waals surface area contributed by atoms with Crippen molar-refractivity contribution in [2.45, 2.75) is 24.4 Å². The molecule has 3 aromatic carbocycles. The molecule has 8 nitrogen and oxygen atoms in total. The van der Waals surface area contributed by atoms with Crippen molar-refractivity contribution < 1.29 is 19.4 Å². The van der Waals surface area contributed by atoms with Crippen molar-refractivity contribution in [3.63, 3.8) is 0 Å². The number of non-ortho nitro benzene ring substituents is 2. The Kier molecular flexibility index (Phi) is 4.28. The second-order valence-corrected chi connectivity index (χ2v) is 7.72. The third-order valence-electron chi connectivity index (χ3n) is 6.07. The van der Waals surface area contributed by atoms with Gasteiger partial charge in [-0.05, 0) is 28.7 Å². The molecule has 31 heavy (non-hydrogen) atoms. The van der Waals surface area contributed by atoms with E-state index in [0.717, 1.165) is 29.3 Å². The van der Waals surface area contributed by atoms with E-state index < -0.39 is 33.3 Å². The van der Waals surface area contributed by atoms with Crippen LogP contribution < -0.4 is 0 Å². The number of nitrogens with zero attached hydrogens (tertiary/aromatic N) is 2. The Morgan fingerprint density at radius 1 is 0.806 bits per heavy atom. The number of esters is 1. The standard InChI is InChI=1S/C23H16N2O6/c26-23(13-9-14(24(27)28)11-15(10-13)25(29)30)31-21-12-20-16-5-1-3-7-18(16)22(21)19-8-4-2-6-17(19)20/h1-11,20-22H,12H2. The van der Waals surface area contributed by atoms with Crippen LogP contribution in [0.1, 0.15) is 50.9 Å². The minimum atomic E-state index is -0.806. The molecule has 3 aromatic rings. The van der Waals surface area contributed by atoms with E-state index in [1.807, 2.05) is 36.4 Å². The van der Waals surface area contributed by atoms with Crippen molar-refractivity contribution in [1.29, 1.82) is 0 Å². The Morgan fingerprint density at radius 3 is 1.77 bits per heavy atom. The topological polar surface area (TPSA) is 113 Å². The van der Waals surface area contributed by atoms with E-state index in [4.69, 9.17) is 4.74 Å². The van der Waals surface area contributed by atoms with Crippen LogP contribution in [0.25, 0.3) is 0 Å². The molecular weight excluding hydrogens is 400 g/mol. The minimum absolute atomic E-state index is 0.0784. The van der Waals surface area contributed by atoms with Gasteiger partial charge in [0, 0.05) is 24.0 Å². The first-order chi connectivity index (χ1) is 14.9. The first kappa shape index (κ1) is 18.9. The van der Waals surface area contributed by atoms with Gasteiger partial charge in [-0.3, -0.25) is 20.2 Å². The summed E-state index contributed by atoms with van der Waals surface area (Å²) in [7, 11) is 0. The highest BCUT2D eigenvalue weighted by Crippen LogP contribution is 2.53. The lowest BCUT2D eigenvalue weighted by atomic mass is 9.62. The van der Waals surface area contributed by atoms with Crippen LogP contribution in [-0.4, -0.2) is 21.9 Å². The van der Waals surface area contributed by atoms with Crippen molar-refractivity contribution in [3.8, 4) is 0 Å². The summed E-state index contributed by atoms with van der Waals surface area (Å²) in [5.41, 5.74) is 3.36. The number of carbonyl (C=O) groups is 1. The molecule has 1 atom stereocenters. The number of nitro groups is 2. The summed E-state index contributed by atoms with van der Waals surface area (Å²) in [4.78, 5) is 33.7. The summed E-state index contributed by atoms with van der Waals surface area (Å²) in [5.74, 6) is -0.885. The lowest BCUT2D eigenvalue weighted by Gasteiger charge is -2.44. The van der Waals surface area contributed by atoms with Gasteiger partial charge in [-0.1, -0.05) is 48.5 Å². The van der Waals surface area contributed by atoms with Crippen molar-refractivity contribution in [2.24, 2.45) is 0 Å². The van der Waals surface area contributed by atoms with E-state index in [9.17, 15) is 25.0 Å². The summed E-state index contributed by atoms with van der Waals surface area (Å²) >= 11 is 0. The molecule has 3 aliphatic rings. The van der Waals surface area contributed by atoms with E-state index in [1.165, 1.54) is 11.1 Å². The third-order valence-corrected chi connectivity index (χ3v) is 6.07. The Balaban J connectivity index is 1.51. The molecule has 0 aliphatic heterocycles. The van der Waals surface area contributed by atoms with Crippen LogP contribution >= 0.6 is 0 Å². The quantitative estimate of drug-likeness (QED) is 0.346. The summed E-state index contributed by atoms with van der Waals surface area (Å²) in [6.07, 6.45) is 0.113. The highest BCUT2D eigenvalue weighted by atomic mass is 16.6. The molecule has 0 amide bonds. The molecule has 2 bridgehead atoms. The number of hydrogen-bond donors (Lipinski definition) is 0. The van der Waals surface area contributed by atoms with E-state index in [0.29, 0.717) is 6.42 Å². The smallest absolute Gasteiger partial charge is 0.338 e. The van der Waals surface area contributed by atoms with Gasteiger partial charge in [0.05, 0.1) is 21.5 Å². The van der Waals surface area contributed by atoms with Gasteiger partial charge in [0.2, 0.25) is 0 Å². The maximum absolute atomic E-state index is 12.9. The van der Waals surface area contributed by atoms with Crippen molar-refractivity contribution in [1.82, 2.24) is 0 Å². The zero-order valence-corrected chi connectivity index (χ0v) is 16.1. The molecule has 3 aliphatic carbocycles. The molecule has 0 saturated heterocycles. The second-order valence-electron chi connectivity index (χ2n) is 7.72. The first-order valence-electron chi connectivity index (χ1n) is 9.76. The van der Waals surface area contributed by atoms with Crippen molar-refractivity contribution in [2.75, 3.05) is 0 Å². The third kappa shape index (κ3) is 3.04. The van der Waals surface area contributed by atoms with Gasteiger partial charge >= 0.3 is 5.97 Å². The monoisotopic (exact) mass is 416 g/mol. The van der Waals surface area contributed by atoms with Crippen LogP contribution in [0.4, 0.5) is 11.4 Å². The number of rotatable bonds is 4. The van der Waals surface area contributed by atoms with Crippen molar-refractivity contribution in [3.05, 3.63) is 115 Å². The average Bonchev–Trinajstić information content (AvgIpc) is 2.79. The molecule has 8 heteroatoms. The Morgan fingerprint density at radius 2 is 1.29 bits per heavy atom. The van der Waals surface area contributed by atoms with Crippen molar-refractivity contribution >= 4 is 17.3 Å². The van der Waals surface area contributed by atoms with Gasteiger partial charge in [-0.2, -0.15) is 0 Å². The molecule has 0 fully saturated rings. The first-order valence-corrected chi connectivity index (χ1v) is 9.76. The zero-order valence-electron chi connectivity index (χ0n) is 16.1. The summed E-state index contributed by atoms with van der Waals surface area (Å²) < 4.78 is 5.81. The summed E-state index contributed by atoms with van der Waals surface area (Å²) in [6.45, 7) is 0. The van der Waals surface area contributed by atoms with E-state index in [1.54, 1.807) is 0 Å². The number of benzene rings is 3. The van der Waals surface area contributed by atoms with Gasteiger partial charge in [-0.25, -0.2) is 4.79 Å². The van der Waals surface area contributed by atoms with Crippen LogP contribution in [-0.2, 0) is 4.74 Å². The molecule has 0 N–H and O–H groups in total. The summed E-state index contributed by atoms with van der Waals surface area (Å²) in [6, 6.07) is 19.0. The number of fused-ring (bicyclic) bond motifs is 1. The van der Waals surface area contributed by atoms with Crippen LogP contribution in [0.5, 0.6) is 0 Å². The fourth-order valence-corrected chi connectivity index (χ4v) is 4.83. The normalized spacial score (nSPS) is 20.5. The van der Waals surface area contributed by atoms with Crippen LogP contribution in [0, 0.1) is 20.2 Å². The lowest BCUT2D eigenvalue weighted by Crippen LogP contribution is -2.38. The fraction of sp³-hybridized carbons (Fsp3) is 0.174. The van der Waals surface area contributed by atoms with E-state index >= 15 is 0 Å². The molecule has 0 aromatic heterocycles. The molecular formula is C23H16N2O6. The average molecular weight is 416 g/mol. The van der Waals surface area contributed by atoms with Crippen LogP contribution in [0.2, 0.25) is 0 Å². The SMILES string of the molecule is O=C(OC1CC2c3ccccc3C1c1ccccc12)c1cc([N+](=O)[O-])cc([N+](=O)[O-])c1.